The number of fused-ring (bicyclic) bond motifs is 1. The van der Waals surface area contributed by atoms with Crippen molar-refractivity contribution in [2.75, 3.05) is 32.1 Å². The van der Waals surface area contributed by atoms with Crippen LogP contribution in [0, 0.1) is 5.92 Å². The van der Waals surface area contributed by atoms with Crippen LogP contribution in [-0.2, 0) is 19.4 Å². The van der Waals surface area contributed by atoms with Crippen molar-refractivity contribution >= 4 is 5.82 Å². The van der Waals surface area contributed by atoms with Gasteiger partial charge >= 0.3 is 0 Å². The zero-order valence-electron chi connectivity index (χ0n) is 13.6. The minimum atomic E-state index is 0.590. The number of hydrogen-bond donors (Lipinski definition) is 1. The summed E-state index contributed by atoms with van der Waals surface area (Å²) in [7, 11) is 4.35. The third kappa shape index (κ3) is 2.79. The Morgan fingerprint density at radius 2 is 2.05 bits per heavy atom. The molecule has 1 fully saturated rings. The molecule has 2 atom stereocenters. The summed E-state index contributed by atoms with van der Waals surface area (Å²) >= 11 is 0. The van der Waals surface area contributed by atoms with Crippen LogP contribution in [0.2, 0.25) is 0 Å². The molecule has 1 saturated heterocycles. The molecule has 2 N–H and O–H groups in total. The Morgan fingerprint density at radius 3 is 2.71 bits per heavy atom. The summed E-state index contributed by atoms with van der Waals surface area (Å²) in [4.78, 5) is 9.81. The first-order valence-corrected chi connectivity index (χ1v) is 8.23. The van der Waals surface area contributed by atoms with Crippen LogP contribution >= 0.6 is 0 Å². The van der Waals surface area contributed by atoms with Crippen molar-refractivity contribution in [2.45, 2.75) is 45.2 Å². The second-order valence-corrected chi connectivity index (χ2v) is 6.90. The van der Waals surface area contributed by atoms with Crippen LogP contribution in [0.4, 0.5) is 5.82 Å². The molecule has 0 aromatic carbocycles. The first-order valence-electron chi connectivity index (χ1n) is 8.23. The molecule has 4 nitrogen and oxygen atoms in total. The monoisotopic (exact) mass is 288 g/mol. The van der Waals surface area contributed by atoms with E-state index in [1.165, 1.54) is 36.1 Å². The van der Waals surface area contributed by atoms with E-state index in [4.69, 9.17) is 10.7 Å². The highest BCUT2D eigenvalue weighted by Gasteiger charge is 2.33. The summed E-state index contributed by atoms with van der Waals surface area (Å²) in [5.41, 5.74) is 9.97. The van der Waals surface area contributed by atoms with Gasteiger partial charge in [-0.15, -0.1) is 0 Å². The average molecular weight is 288 g/mol. The van der Waals surface area contributed by atoms with Gasteiger partial charge in [0.25, 0.3) is 0 Å². The molecule has 0 spiro atoms. The van der Waals surface area contributed by atoms with Gasteiger partial charge in [0, 0.05) is 36.9 Å². The predicted molar refractivity (Wildman–Crippen MR) is 87.6 cm³/mol. The first-order chi connectivity index (χ1) is 10.1. The van der Waals surface area contributed by atoms with E-state index < -0.39 is 0 Å². The molecule has 0 bridgehead atoms. The third-order valence-electron chi connectivity index (χ3n) is 5.11. The van der Waals surface area contributed by atoms with Gasteiger partial charge in [-0.05, 0) is 57.3 Å². The van der Waals surface area contributed by atoms with Crippen LogP contribution in [-0.4, -0.2) is 43.1 Å². The number of rotatable bonds is 3. The number of aromatic nitrogens is 1. The van der Waals surface area contributed by atoms with E-state index in [1.807, 2.05) is 0 Å². The molecule has 1 aliphatic heterocycles. The molecule has 2 unspecified atom stereocenters. The number of nitrogens with zero attached hydrogens (tertiary/aromatic N) is 3. The fourth-order valence-corrected chi connectivity index (χ4v) is 3.89. The van der Waals surface area contributed by atoms with E-state index >= 15 is 0 Å². The van der Waals surface area contributed by atoms with Crippen LogP contribution in [0.3, 0.4) is 0 Å². The maximum Gasteiger partial charge on any atom is 0.133 e. The van der Waals surface area contributed by atoms with Crippen molar-refractivity contribution in [3.63, 3.8) is 0 Å². The summed E-state index contributed by atoms with van der Waals surface area (Å²) in [6, 6.07) is 2.93. The fourth-order valence-electron chi connectivity index (χ4n) is 3.89. The molecule has 1 aromatic heterocycles. The maximum absolute atomic E-state index is 6.00. The van der Waals surface area contributed by atoms with Gasteiger partial charge in [0.15, 0.2) is 0 Å². The number of aryl methyl sites for hydroxylation is 2. The van der Waals surface area contributed by atoms with Crippen molar-refractivity contribution in [3.05, 3.63) is 22.9 Å². The van der Waals surface area contributed by atoms with E-state index in [0.717, 1.165) is 25.3 Å². The van der Waals surface area contributed by atoms with E-state index in [2.05, 4.69) is 36.9 Å². The molecule has 1 aromatic rings. The Labute approximate surface area is 128 Å². The molecule has 0 amide bonds. The maximum atomic E-state index is 6.00. The van der Waals surface area contributed by atoms with Gasteiger partial charge in [-0.3, -0.25) is 0 Å². The summed E-state index contributed by atoms with van der Waals surface area (Å²) in [5.74, 6) is 1.82. The standard InChI is InChI=1S/C17H28N4/c1-12-10-21(11-16(12)20(2)3)17-14(9-18)8-13-6-4-5-7-15(13)19-17/h8,12,16H,4-7,9-11,18H2,1-3H3. The van der Waals surface area contributed by atoms with Crippen LogP contribution in [0.1, 0.15) is 36.6 Å². The van der Waals surface area contributed by atoms with Gasteiger partial charge in [0.2, 0.25) is 0 Å². The number of nitrogens with two attached hydrogens (primary N) is 1. The Morgan fingerprint density at radius 1 is 1.29 bits per heavy atom. The smallest absolute Gasteiger partial charge is 0.133 e. The van der Waals surface area contributed by atoms with Gasteiger partial charge < -0.3 is 15.5 Å². The lowest BCUT2D eigenvalue weighted by Gasteiger charge is -2.25. The molecular weight excluding hydrogens is 260 g/mol. The topological polar surface area (TPSA) is 45.4 Å². The zero-order valence-corrected chi connectivity index (χ0v) is 13.6. The highest BCUT2D eigenvalue weighted by atomic mass is 15.3. The first kappa shape index (κ1) is 14.8. The Kier molecular flexibility index (Phi) is 4.18. The van der Waals surface area contributed by atoms with E-state index in [0.29, 0.717) is 18.5 Å². The molecular formula is C17H28N4. The Bertz CT molecular complexity index is 512. The fraction of sp³-hybridized carbons (Fsp3) is 0.706. The van der Waals surface area contributed by atoms with Crippen LogP contribution < -0.4 is 10.6 Å². The van der Waals surface area contributed by atoms with Gasteiger partial charge in [-0.2, -0.15) is 0 Å². The molecule has 3 rings (SSSR count). The highest BCUT2D eigenvalue weighted by Crippen LogP contribution is 2.30. The molecule has 2 heterocycles. The number of likely N-dealkylation sites (N-methyl/N-ethyl adjacent to an activating group) is 1. The summed E-state index contributed by atoms with van der Waals surface area (Å²) in [6.07, 6.45) is 4.87. The number of hydrogen-bond acceptors (Lipinski definition) is 4. The van der Waals surface area contributed by atoms with E-state index in [1.54, 1.807) is 0 Å². The van der Waals surface area contributed by atoms with E-state index in [-0.39, 0.29) is 0 Å². The van der Waals surface area contributed by atoms with Crippen molar-refractivity contribution in [1.29, 1.82) is 0 Å². The summed E-state index contributed by atoms with van der Waals surface area (Å²) < 4.78 is 0. The minimum Gasteiger partial charge on any atom is -0.354 e. The Hall–Kier alpha value is -1.13. The molecule has 4 heteroatoms. The Balaban J connectivity index is 1.91. The quantitative estimate of drug-likeness (QED) is 0.921. The minimum absolute atomic E-state index is 0.590. The largest absolute Gasteiger partial charge is 0.354 e. The second kappa shape index (κ2) is 5.93. The van der Waals surface area contributed by atoms with Crippen LogP contribution in [0.5, 0.6) is 0 Å². The molecule has 1 aliphatic carbocycles. The highest BCUT2D eigenvalue weighted by molar-refractivity contribution is 5.51. The zero-order chi connectivity index (χ0) is 15.0. The van der Waals surface area contributed by atoms with Gasteiger partial charge in [-0.25, -0.2) is 4.98 Å². The van der Waals surface area contributed by atoms with Crippen LogP contribution in [0.15, 0.2) is 6.07 Å². The van der Waals surface area contributed by atoms with Crippen molar-refractivity contribution in [3.8, 4) is 0 Å². The molecule has 21 heavy (non-hydrogen) atoms. The molecule has 0 radical (unpaired) electrons. The SMILES string of the molecule is CC1CN(c2nc3c(cc2CN)CCCC3)CC1N(C)C. The second-order valence-electron chi connectivity index (χ2n) is 6.90. The number of anilines is 1. The van der Waals surface area contributed by atoms with Gasteiger partial charge in [0.05, 0.1) is 0 Å². The number of pyridine rings is 1. The summed E-state index contributed by atoms with van der Waals surface area (Å²) in [6.45, 7) is 5.08. The molecule has 2 aliphatic rings. The summed E-state index contributed by atoms with van der Waals surface area (Å²) in [5, 5.41) is 0. The van der Waals surface area contributed by atoms with E-state index in [9.17, 15) is 0 Å². The lowest BCUT2D eigenvalue weighted by molar-refractivity contribution is 0.266. The van der Waals surface area contributed by atoms with Gasteiger partial charge in [0.1, 0.15) is 5.82 Å². The lowest BCUT2D eigenvalue weighted by atomic mass is 9.94. The van der Waals surface area contributed by atoms with Crippen LogP contribution in [0.25, 0.3) is 0 Å². The third-order valence-corrected chi connectivity index (χ3v) is 5.11. The average Bonchev–Trinajstić information content (AvgIpc) is 2.88. The lowest BCUT2D eigenvalue weighted by Crippen LogP contribution is -2.34. The normalized spacial score (nSPS) is 25.5. The van der Waals surface area contributed by atoms with Crippen molar-refractivity contribution in [1.82, 2.24) is 9.88 Å². The predicted octanol–water partition coefficient (Wildman–Crippen LogP) is 1.81. The van der Waals surface area contributed by atoms with Gasteiger partial charge in [-0.1, -0.05) is 6.92 Å². The van der Waals surface area contributed by atoms with Crippen molar-refractivity contribution < 1.29 is 0 Å². The van der Waals surface area contributed by atoms with Crippen molar-refractivity contribution in [2.24, 2.45) is 11.7 Å². The molecule has 116 valence electrons. The molecule has 0 saturated carbocycles.